The van der Waals surface area contributed by atoms with Crippen LogP contribution in [0.5, 0.6) is 0 Å². The van der Waals surface area contributed by atoms with Crippen LogP contribution in [0.25, 0.3) is 0 Å². The van der Waals surface area contributed by atoms with E-state index in [0.29, 0.717) is 11.1 Å². The third kappa shape index (κ3) is 3.08. The monoisotopic (exact) mass is 421 g/mol. The lowest BCUT2D eigenvalue weighted by Crippen LogP contribution is -2.27. The molecule has 0 saturated heterocycles. The fourth-order valence-corrected chi connectivity index (χ4v) is 4.59. The molecule has 1 aliphatic rings. The van der Waals surface area contributed by atoms with E-state index in [1.165, 1.54) is 0 Å². The van der Waals surface area contributed by atoms with Crippen molar-refractivity contribution < 1.29 is 9.72 Å². The average Bonchev–Trinajstić information content (AvgIpc) is 2.68. The molecule has 0 N–H and O–H groups in total. The SMILES string of the molecule is O=C1c2ccccc2C(C(C[N+](=O)[O-])c2ccccc2Br)c2ccccc21. The van der Waals surface area contributed by atoms with Crippen molar-refractivity contribution in [2.24, 2.45) is 0 Å². The van der Waals surface area contributed by atoms with E-state index in [1.54, 1.807) is 0 Å². The highest BCUT2D eigenvalue weighted by molar-refractivity contribution is 9.10. The van der Waals surface area contributed by atoms with Crippen LogP contribution in [-0.2, 0) is 0 Å². The second kappa shape index (κ2) is 7.08. The summed E-state index contributed by atoms with van der Waals surface area (Å²) in [5.74, 6) is -0.686. The molecular formula is C22H16BrNO3. The van der Waals surface area contributed by atoms with Gasteiger partial charge in [0, 0.05) is 26.4 Å². The number of hydrogen-bond donors (Lipinski definition) is 0. The fraction of sp³-hybridized carbons (Fsp3) is 0.136. The number of carbonyl (C=O) groups excluding carboxylic acids is 1. The van der Waals surface area contributed by atoms with Crippen molar-refractivity contribution in [1.82, 2.24) is 0 Å². The Morgan fingerprint density at radius 1 is 0.889 bits per heavy atom. The maximum Gasteiger partial charge on any atom is 0.211 e. The molecule has 0 fully saturated rings. The first-order valence-corrected chi connectivity index (χ1v) is 9.46. The maximum absolute atomic E-state index is 13.0. The largest absolute Gasteiger partial charge is 0.289 e. The van der Waals surface area contributed by atoms with E-state index >= 15 is 0 Å². The van der Waals surface area contributed by atoms with Crippen LogP contribution < -0.4 is 0 Å². The Morgan fingerprint density at radius 2 is 1.41 bits per heavy atom. The molecule has 4 rings (SSSR count). The lowest BCUT2D eigenvalue weighted by atomic mass is 9.70. The number of fused-ring (bicyclic) bond motifs is 2. The summed E-state index contributed by atoms with van der Waals surface area (Å²) >= 11 is 3.56. The number of rotatable bonds is 4. The number of benzene rings is 3. The summed E-state index contributed by atoms with van der Waals surface area (Å²) in [4.78, 5) is 24.2. The van der Waals surface area contributed by atoms with Gasteiger partial charge in [0.05, 0.1) is 5.92 Å². The number of nitro groups is 1. The highest BCUT2D eigenvalue weighted by Crippen LogP contribution is 2.46. The van der Waals surface area contributed by atoms with E-state index in [4.69, 9.17) is 0 Å². The zero-order chi connectivity index (χ0) is 19.0. The first kappa shape index (κ1) is 17.6. The van der Waals surface area contributed by atoms with Gasteiger partial charge in [-0.2, -0.15) is 0 Å². The summed E-state index contributed by atoms with van der Waals surface area (Å²) in [6.45, 7) is -0.218. The van der Waals surface area contributed by atoms with Crippen molar-refractivity contribution in [3.8, 4) is 0 Å². The first-order valence-electron chi connectivity index (χ1n) is 8.66. The summed E-state index contributed by atoms with van der Waals surface area (Å²) in [7, 11) is 0. The molecule has 1 unspecified atom stereocenters. The van der Waals surface area contributed by atoms with Gasteiger partial charge in [0.15, 0.2) is 5.78 Å². The Labute approximate surface area is 165 Å². The number of hydrogen-bond acceptors (Lipinski definition) is 3. The van der Waals surface area contributed by atoms with E-state index in [2.05, 4.69) is 15.9 Å². The van der Waals surface area contributed by atoms with Crippen LogP contribution in [0.15, 0.2) is 77.3 Å². The molecule has 3 aromatic carbocycles. The summed E-state index contributed by atoms with van der Waals surface area (Å²) in [6.07, 6.45) is 0. The van der Waals surface area contributed by atoms with Crippen molar-refractivity contribution in [2.75, 3.05) is 6.54 Å². The van der Waals surface area contributed by atoms with Gasteiger partial charge in [-0.1, -0.05) is 82.7 Å². The molecule has 0 radical (unpaired) electrons. The van der Waals surface area contributed by atoms with Crippen molar-refractivity contribution in [3.63, 3.8) is 0 Å². The van der Waals surface area contributed by atoms with E-state index in [-0.39, 0.29) is 23.2 Å². The molecule has 0 aromatic heterocycles. The van der Waals surface area contributed by atoms with E-state index in [0.717, 1.165) is 21.2 Å². The van der Waals surface area contributed by atoms with Crippen LogP contribution in [0.2, 0.25) is 0 Å². The number of carbonyl (C=O) groups is 1. The molecule has 0 amide bonds. The lowest BCUT2D eigenvalue weighted by Gasteiger charge is -2.32. The van der Waals surface area contributed by atoms with Gasteiger partial charge in [0.25, 0.3) is 0 Å². The van der Waals surface area contributed by atoms with Gasteiger partial charge in [-0.15, -0.1) is 0 Å². The average molecular weight is 422 g/mol. The van der Waals surface area contributed by atoms with Crippen LogP contribution in [-0.4, -0.2) is 17.3 Å². The molecule has 0 aliphatic heterocycles. The molecule has 3 aromatic rings. The minimum Gasteiger partial charge on any atom is -0.289 e. The van der Waals surface area contributed by atoms with Gasteiger partial charge in [0.2, 0.25) is 6.54 Å². The minimum atomic E-state index is -0.397. The second-order valence-corrected chi connectivity index (χ2v) is 7.48. The summed E-state index contributed by atoms with van der Waals surface area (Å²) in [5.41, 5.74) is 3.83. The summed E-state index contributed by atoms with van der Waals surface area (Å²) < 4.78 is 0.837. The Balaban J connectivity index is 1.98. The van der Waals surface area contributed by atoms with E-state index < -0.39 is 5.92 Å². The van der Waals surface area contributed by atoms with Gasteiger partial charge in [-0.05, 0) is 22.8 Å². The van der Waals surface area contributed by atoms with Gasteiger partial charge >= 0.3 is 0 Å². The maximum atomic E-state index is 13.0. The molecule has 134 valence electrons. The third-order valence-corrected chi connectivity index (χ3v) is 5.86. The molecule has 5 heteroatoms. The minimum absolute atomic E-state index is 0.0237. The molecule has 4 nitrogen and oxygen atoms in total. The van der Waals surface area contributed by atoms with Crippen molar-refractivity contribution in [3.05, 3.63) is 115 Å². The van der Waals surface area contributed by atoms with Crippen LogP contribution in [0.4, 0.5) is 0 Å². The lowest BCUT2D eigenvalue weighted by molar-refractivity contribution is -0.483. The molecule has 0 bridgehead atoms. The van der Waals surface area contributed by atoms with Gasteiger partial charge in [0.1, 0.15) is 0 Å². The predicted octanol–water partition coefficient (Wildman–Crippen LogP) is 5.19. The summed E-state index contributed by atoms with van der Waals surface area (Å²) in [6, 6.07) is 22.5. The second-order valence-electron chi connectivity index (χ2n) is 6.62. The Bertz CT molecular complexity index is 997. The number of ketones is 1. The predicted molar refractivity (Wildman–Crippen MR) is 107 cm³/mol. The Hall–Kier alpha value is -2.79. The first-order chi connectivity index (χ1) is 13.1. The zero-order valence-corrected chi connectivity index (χ0v) is 15.9. The molecular weight excluding hydrogens is 406 g/mol. The van der Waals surface area contributed by atoms with E-state index in [9.17, 15) is 14.9 Å². The van der Waals surface area contributed by atoms with E-state index in [1.807, 2.05) is 72.8 Å². The Kier molecular flexibility index (Phi) is 4.62. The normalized spacial score (nSPS) is 14.3. The Morgan fingerprint density at radius 3 is 1.96 bits per heavy atom. The number of halogens is 1. The molecule has 1 atom stereocenters. The molecule has 27 heavy (non-hydrogen) atoms. The fourth-order valence-electron chi connectivity index (χ4n) is 4.02. The quantitative estimate of drug-likeness (QED) is 0.430. The smallest absolute Gasteiger partial charge is 0.211 e. The van der Waals surface area contributed by atoms with Crippen LogP contribution >= 0.6 is 15.9 Å². The van der Waals surface area contributed by atoms with Crippen LogP contribution in [0, 0.1) is 10.1 Å². The van der Waals surface area contributed by atoms with Crippen molar-refractivity contribution >= 4 is 21.7 Å². The number of nitrogens with zero attached hydrogens (tertiary/aromatic N) is 1. The highest BCUT2D eigenvalue weighted by Gasteiger charge is 2.38. The molecule has 0 spiro atoms. The highest BCUT2D eigenvalue weighted by atomic mass is 79.9. The van der Waals surface area contributed by atoms with Crippen LogP contribution in [0.3, 0.4) is 0 Å². The van der Waals surface area contributed by atoms with Gasteiger partial charge < -0.3 is 0 Å². The zero-order valence-electron chi connectivity index (χ0n) is 14.3. The van der Waals surface area contributed by atoms with Gasteiger partial charge in [-0.25, -0.2) is 0 Å². The van der Waals surface area contributed by atoms with Crippen molar-refractivity contribution in [1.29, 1.82) is 0 Å². The molecule has 0 heterocycles. The molecule has 1 aliphatic carbocycles. The standard InChI is InChI=1S/C22H16BrNO3/c23-20-12-6-5-7-14(20)19(13-24(26)27)21-15-8-1-3-10-17(15)22(25)18-11-4-2-9-16(18)21/h1-12,19,21H,13H2. The van der Waals surface area contributed by atoms with Crippen LogP contribution in [0.1, 0.15) is 44.4 Å². The van der Waals surface area contributed by atoms with Gasteiger partial charge in [-0.3, -0.25) is 14.9 Å². The third-order valence-electron chi connectivity index (χ3n) is 5.13. The van der Waals surface area contributed by atoms with Crippen molar-refractivity contribution in [2.45, 2.75) is 11.8 Å². The topological polar surface area (TPSA) is 60.2 Å². The molecule has 0 saturated carbocycles. The summed E-state index contributed by atoms with van der Waals surface area (Å²) in [5, 5.41) is 11.5.